The first-order chi connectivity index (χ1) is 15.0. The Morgan fingerprint density at radius 3 is 2.35 bits per heavy atom. The van der Waals surface area contributed by atoms with Crippen molar-refractivity contribution in [2.75, 3.05) is 19.6 Å². The van der Waals surface area contributed by atoms with Crippen LogP contribution < -0.4 is 5.73 Å². The zero-order chi connectivity index (χ0) is 22.0. The standard InChI is InChI=1S/C25H23Cl2N3O/c1-2-11-30-14-18(12-16-3-7-19(26)8-4-16)24-22(15-30)23(21(13-28)25(29)31-24)17-5-9-20(27)10-6-17/h3-10,12,23H,2,11,14-15,29H2,1H3/b18-12-/t23-/m1/s1. The molecule has 158 valence electrons. The van der Waals surface area contributed by atoms with Gasteiger partial charge in [-0.25, -0.2) is 0 Å². The van der Waals surface area contributed by atoms with Crippen molar-refractivity contribution < 1.29 is 4.74 Å². The van der Waals surface area contributed by atoms with E-state index in [0.29, 0.717) is 22.2 Å². The highest BCUT2D eigenvalue weighted by Crippen LogP contribution is 2.44. The highest BCUT2D eigenvalue weighted by molar-refractivity contribution is 6.30. The highest BCUT2D eigenvalue weighted by Gasteiger charge is 2.37. The van der Waals surface area contributed by atoms with Crippen molar-refractivity contribution in [1.82, 2.24) is 4.90 Å². The minimum absolute atomic E-state index is 0.159. The SMILES string of the molecule is CCCN1CC2=C(OC(N)=C(C#N)[C@H]2c2ccc(Cl)cc2)/C(=C\c2ccc(Cl)cc2)C1. The summed E-state index contributed by atoms with van der Waals surface area (Å²) < 4.78 is 6.07. The maximum atomic E-state index is 9.88. The number of halogens is 2. The largest absolute Gasteiger partial charge is 0.440 e. The Kier molecular flexibility index (Phi) is 6.38. The van der Waals surface area contributed by atoms with E-state index in [0.717, 1.165) is 47.5 Å². The van der Waals surface area contributed by atoms with Crippen LogP contribution in [0.15, 0.2) is 76.9 Å². The number of hydrogen-bond donors (Lipinski definition) is 1. The van der Waals surface area contributed by atoms with Crippen LogP contribution >= 0.6 is 23.2 Å². The number of ether oxygens (including phenoxy) is 1. The summed E-state index contributed by atoms with van der Waals surface area (Å²) in [7, 11) is 0. The molecule has 0 spiro atoms. The summed E-state index contributed by atoms with van der Waals surface area (Å²) in [5.74, 6) is 0.658. The smallest absolute Gasteiger partial charge is 0.205 e. The normalized spacial score (nSPS) is 20.5. The second-order valence-electron chi connectivity index (χ2n) is 7.76. The number of rotatable bonds is 4. The molecule has 2 aliphatic rings. The van der Waals surface area contributed by atoms with Crippen LogP contribution in [0.5, 0.6) is 0 Å². The van der Waals surface area contributed by atoms with Gasteiger partial charge in [0.15, 0.2) is 0 Å². The van der Waals surface area contributed by atoms with Crippen molar-refractivity contribution in [1.29, 1.82) is 5.26 Å². The third kappa shape index (κ3) is 4.50. The maximum Gasteiger partial charge on any atom is 0.205 e. The molecule has 2 aromatic rings. The van der Waals surface area contributed by atoms with E-state index in [9.17, 15) is 5.26 Å². The van der Waals surface area contributed by atoms with Crippen molar-refractivity contribution in [3.63, 3.8) is 0 Å². The van der Waals surface area contributed by atoms with E-state index in [-0.39, 0.29) is 11.8 Å². The molecule has 0 radical (unpaired) electrons. The molecule has 0 saturated heterocycles. The van der Waals surface area contributed by atoms with Gasteiger partial charge in [0.1, 0.15) is 17.4 Å². The van der Waals surface area contributed by atoms with Gasteiger partial charge in [-0.3, -0.25) is 4.90 Å². The molecular formula is C25H23Cl2N3O. The van der Waals surface area contributed by atoms with Crippen molar-refractivity contribution in [2.24, 2.45) is 5.73 Å². The van der Waals surface area contributed by atoms with Gasteiger partial charge in [0.05, 0.1) is 5.92 Å². The first-order valence-electron chi connectivity index (χ1n) is 10.2. The Hall–Kier alpha value is -2.71. The van der Waals surface area contributed by atoms with Crippen LogP contribution in [-0.4, -0.2) is 24.5 Å². The number of nitrogens with zero attached hydrogens (tertiary/aromatic N) is 2. The summed E-state index contributed by atoms with van der Waals surface area (Å²) in [6, 6.07) is 17.6. The maximum absolute atomic E-state index is 9.88. The Morgan fingerprint density at radius 2 is 1.74 bits per heavy atom. The van der Waals surface area contributed by atoms with Gasteiger partial charge >= 0.3 is 0 Å². The van der Waals surface area contributed by atoms with Gasteiger partial charge in [-0.2, -0.15) is 5.26 Å². The Morgan fingerprint density at radius 1 is 1.10 bits per heavy atom. The van der Waals surface area contributed by atoms with Crippen molar-refractivity contribution >= 4 is 29.3 Å². The van der Waals surface area contributed by atoms with Crippen molar-refractivity contribution in [3.8, 4) is 6.07 Å². The molecular weight excluding hydrogens is 429 g/mol. The Bertz CT molecular complexity index is 1110. The summed E-state index contributed by atoms with van der Waals surface area (Å²) in [5.41, 5.74) is 10.8. The third-order valence-electron chi connectivity index (χ3n) is 5.56. The molecule has 0 bridgehead atoms. The molecule has 31 heavy (non-hydrogen) atoms. The fourth-order valence-electron chi connectivity index (χ4n) is 4.21. The fourth-order valence-corrected chi connectivity index (χ4v) is 4.46. The Labute approximate surface area is 192 Å². The number of nitriles is 1. The fraction of sp³-hybridized carbons (Fsp3) is 0.240. The number of hydrogen-bond acceptors (Lipinski definition) is 4. The van der Waals surface area contributed by atoms with Gasteiger partial charge in [0, 0.05) is 28.7 Å². The van der Waals surface area contributed by atoms with Crippen molar-refractivity contribution in [2.45, 2.75) is 19.3 Å². The lowest BCUT2D eigenvalue weighted by Crippen LogP contribution is -2.38. The van der Waals surface area contributed by atoms with E-state index in [4.69, 9.17) is 33.7 Å². The average Bonchev–Trinajstić information content (AvgIpc) is 2.76. The second-order valence-corrected chi connectivity index (χ2v) is 8.64. The van der Waals surface area contributed by atoms with E-state index in [1.807, 2.05) is 48.5 Å². The molecule has 1 atom stereocenters. The predicted octanol–water partition coefficient (Wildman–Crippen LogP) is 5.86. The Balaban J connectivity index is 1.85. The molecule has 0 saturated carbocycles. The second kappa shape index (κ2) is 9.20. The van der Waals surface area contributed by atoms with Gasteiger partial charge < -0.3 is 10.5 Å². The van der Waals surface area contributed by atoms with E-state index < -0.39 is 0 Å². The predicted molar refractivity (Wildman–Crippen MR) is 125 cm³/mol. The molecule has 2 N–H and O–H groups in total. The lowest BCUT2D eigenvalue weighted by molar-refractivity contribution is 0.234. The van der Waals surface area contributed by atoms with Gasteiger partial charge in [0.25, 0.3) is 0 Å². The highest BCUT2D eigenvalue weighted by atomic mass is 35.5. The molecule has 4 nitrogen and oxygen atoms in total. The minimum atomic E-state index is -0.265. The summed E-state index contributed by atoms with van der Waals surface area (Å²) >= 11 is 12.2. The monoisotopic (exact) mass is 451 g/mol. The molecule has 4 rings (SSSR count). The van der Waals surface area contributed by atoms with Crippen molar-refractivity contribution in [3.05, 3.63) is 98.1 Å². The zero-order valence-corrected chi connectivity index (χ0v) is 18.7. The molecule has 2 aliphatic heterocycles. The summed E-state index contributed by atoms with van der Waals surface area (Å²) in [6.07, 6.45) is 3.14. The van der Waals surface area contributed by atoms with Gasteiger partial charge in [-0.15, -0.1) is 0 Å². The molecule has 2 heterocycles. The van der Waals surface area contributed by atoms with Crippen LogP contribution in [0.4, 0.5) is 0 Å². The molecule has 0 aliphatic carbocycles. The summed E-state index contributed by atoms with van der Waals surface area (Å²) in [4.78, 5) is 2.38. The first kappa shape index (κ1) is 21.5. The number of benzene rings is 2. The van der Waals surface area contributed by atoms with Gasteiger partial charge in [-0.05, 0) is 60.0 Å². The summed E-state index contributed by atoms with van der Waals surface area (Å²) in [6.45, 7) is 4.58. The minimum Gasteiger partial charge on any atom is -0.440 e. The average molecular weight is 452 g/mol. The summed E-state index contributed by atoms with van der Waals surface area (Å²) in [5, 5.41) is 11.2. The molecule has 0 unspecified atom stereocenters. The lowest BCUT2D eigenvalue weighted by Gasteiger charge is -2.38. The third-order valence-corrected chi connectivity index (χ3v) is 6.06. The number of nitrogens with two attached hydrogens (primary N) is 1. The first-order valence-corrected chi connectivity index (χ1v) is 11.0. The molecule has 0 amide bonds. The van der Waals surface area contributed by atoms with E-state index in [1.54, 1.807) is 0 Å². The van der Waals surface area contributed by atoms with Crippen LogP contribution in [0.2, 0.25) is 10.0 Å². The van der Waals surface area contributed by atoms with Crippen LogP contribution in [0.1, 0.15) is 30.4 Å². The topological polar surface area (TPSA) is 62.3 Å². The lowest BCUT2D eigenvalue weighted by atomic mass is 9.80. The van der Waals surface area contributed by atoms with Crippen LogP contribution in [-0.2, 0) is 4.74 Å². The van der Waals surface area contributed by atoms with E-state index in [2.05, 4.69) is 24.0 Å². The number of allylic oxidation sites excluding steroid dienone is 1. The van der Waals surface area contributed by atoms with Gasteiger partial charge in [0.2, 0.25) is 5.88 Å². The van der Waals surface area contributed by atoms with Crippen LogP contribution in [0.25, 0.3) is 6.08 Å². The quantitative estimate of drug-likeness (QED) is 0.631. The molecule has 6 heteroatoms. The molecule has 0 aromatic heterocycles. The molecule has 0 fully saturated rings. The van der Waals surface area contributed by atoms with E-state index >= 15 is 0 Å². The van der Waals surface area contributed by atoms with Gasteiger partial charge in [-0.1, -0.05) is 54.4 Å². The van der Waals surface area contributed by atoms with E-state index in [1.165, 1.54) is 0 Å². The van der Waals surface area contributed by atoms with Crippen LogP contribution in [0, 0.1) is 11.3 Å². The zero-order valence-electron chi connectivity index (χ0n) is 17.2. The van der Waals surface area contributed by atoms with Crippen LogP contribution in [0.3, 0.4) is 0 Å². The molecule has 2 aromatic carbocycles.